The molecule has 0 aliphatic carbocycles. The average molecular weight is 537 g/mol. The van der Waals surface area contributed by atoms with Crippen LogP contribution < -0.4 is 0 Å². The zero-order valence-corrected chi connectivity index (χ0v) is 25.5. The van der Waals surface area contributed by atoms with E-state index >= 15 is 0 Å². The number of carbonyl (C=O) groups excluding carboxylic acids is 1. The Bertz CT molecular complexity index is 543. The van der Waals surface area contributed by atoms with Crippen molar-refractivity contribution in [1.82, 2.24) is 0 Å². The van der Waals surface area contributed by atoms with Gasteiger partial charge in [0.25, 0.3) is 0 Å². The molecular weight excluding hydrogens is 472 g/mol. The molecule has 4 heteroatoms. The van der Waals surface area contributed by atoms with Crippen molar-refractivity contribution in [1.29, 1.82) is 0 Å². The van der Waals surface area contributed by atoms with Gasteiger partial charge >= 0.3 is 11.9 Å². The second-order valence-corrected chi connectivity index (χ2v) is 11.3. The lowest BCUT2D eigenvalue weighted by atomic mass is 10.0. The van der Waals surface area contributed by atoms with Crippen LogP contribution in [-0.2, 0) is 14.3 Å². The smallest absolute Gasteiger partial charge is 0.306 e. The van der Waals surface area contributed by atoms with Crippen molar-refractivity contribution in [2.45, 2.75) is 193 Å². The molecule has 224 valence electrons. The van der Waals surface area contributed by atoms with Crippen molar-refractivity contribution < 1.29 is 19.4 Å². The van der Waals surface area contributed by atoms with Crippen molar-refractivity contribution >= 4 is 11.9 Å². The molecular formula is C34H64O4. The van der Waals surface area contributed by atoms with Crippen molar-refractivity contribution in [3.63, 3.8) is 0 Å². The van der Waals surface area contributed by atoms with E-state index in [-0.39, 0.29) is 18.5 Å². The number of carboxylic acid groups (broad SMARTS) is 1. The minimum atomic E-state index is -0.771. The highest BCUT2D eigenvalue weighted by molar-refractivity contribution is 5.69. The van der Waals surface area contributed by atoms with E-state index in [1.54, 1.807) is 0 Å². The van der Waals surface area contributed by atoms with Crippen LogP contribution in [0.2, 0.25) is 0 Å². The molecule has 0 radical (unpaired) electrons. The van der Waals surface area contributed by atoms with Gasteiger partial charge in [0.2, 0.25) is 0 Å². The van der Waals surface area contributed by atoms with Gasteiger partial charge in [-0.3, -0.25) is 9.59 Å². The fourth-order valence-electron chi connectivity index (χ4n) is 5.01. The lowest BCUT2D eigenvalue weighted by molar-refractivity contribution is -0.150. The SMILES string of the molecule is CCCCCC/C=C\CCCCCCCC(=O)O[C@H](CCCCCCCCCCCCC)CCCC(=O)O. The molecule has 1 N–H and O–H groups in total. The Morgan fingerprint density at radius 2 is 0.974 bits per heavy atom. The second-order valence-electron chi connectivity index (χ2n) is 11.3. The minimum absolute atomic E-state index is 0.0978. The first-order chi connectivity index (χ1) is 18.6. The van der Waals surface area contributed by atoms with E-state index in [9.17, 15) is 9.59 Å². The summed E-state index contributed by atoms with van der Waals surface area (Å²) in [7, 11) is 0. The summed E-state index contributed by atoms with van der Waals surface area (Å²) in [4.78, 5) is 23.3. The van der Waals surface area contributed by atoms with E-state index in [4.69, 9.17) is 9.84 Å². The van der Waals surface area contributed by atoms with Crippen LogP contribution in [0.3, 0.4) is 0 Å². The Hall–Kier alpha value is -1.32. The van der Waals surface area contributed by atoms with Gasteiger partial charge in [-0.15, -0.1) is 0 Å². The topological polar surface area (TPSA) is 63.6 Å². The third-order valence-corrected chi connectivity index (χ3v) is 7.49. The monoisotopic (exact) mass is 536 g/mol. The number of esters is 1. The lowest BCUT2D eigenvalue weighted by Gasteiger charge is -2.18. The van der Waals surface area contributed by atoms with E-state index in [1.165, 1.54) is 122 Å². The first-order valence-electron chi connectivity index (χ1n) is 16.7. The maximum atomic E-state index is 12.4. The standard InChI is InChI=1S/C34H64O4/c1-3-5-7-9-11-13-15-16-18-20-22-24-26-31-34(37)38-32(29-27-30-33(35)36)28-25-23-21-19-17-14-12-10-8-6-4-2/h13,15,32H,3-12,14,16-31H2,1-2H3,(H,35,36)/b15-13-/t32-/m1/s1. The Labute approximate surface area is 236 Å². The Kier molecular flexibility index (Phi) is 29.2. The third-order valence-electron chi connectivity index (χ3n) is 7.49. The molecule has 1 atom stereocenters. The van der Waals surface area contributed by atoms with Gasteiger partial charge in [-0.05, 0) is 57.8 Å². The van der Waals surface area contributed by atoms with E-state index in [1.807, 2.05) is 0 Å². The highest BCUT2D eigenvalue weighted by atomic mass is 16.5. The molecule has 0 aromatic rings. The quantitative estimate of drug-likeness (QED) is 0.0563. The summed E-state index contributed by atoms with van der Waals surface area (Å²) in [5, 5.41) is 8.96. The van der Waals surface area contributed by atoms with Crippen molar-refractivity contribution in [3.8, 4) is 0 Å². The molecule has 0 unspecified atom stereocenters. The first-order valence-corrected chi connectivity index (χ1v) is 16.7. The molecule has 0 spiro atoms. The number of rotatable bonds is 30. The molecule has 4 nitrogen and oxygen atoms in total. The van der Waals surface area contributed by atoms with E-state index in [0.717, 1.165) is 25.7 Å². The molecule has 0 saturated heterocycles. The summed E-state index contributed by atoms with van der Waals surface area (Å²) in [6.07, 6.45) is 35.0. The number of allylic oxidation sites excluding steroid dienone is 2. The third kappa shape index (κ3) is 29.2. The normalized spacial score (nSPS) is 12.3. The zero-order valence-electron chi connectivity index (χ0n) is 25.5. The summed E-state index contributed by atoms with van der Waals surface area (Å²) in [5.41, 5.74) is 0. The largest absolute Gasteiger partial charge is 0.481 e. The summed E-state index contributed by atoms with van der Waals surface area (Å²) in [5.74, 6) is -0.869. The predicted octanol–water partition coefficient (Wildman–Crippen LogP) is 11.1. The Balaban J connectivity index is 3.87. The van der Waals surface area contributed by atoms with Crippen LogP contribution in [-0.4, -0.2) is 23.1 Å². The van der Waals surface area contributed by atoms with Crippen molar-refractivity contribution in [2.24, 2.45) is 0 Å². The second kappa shape index (κ2) is 30.2. The van der Waals surface area contributed by atoms with Gasteiger partial charge in [0.05, 0.1) is 0 Å². The molecule has 0 amide bonds. The van der Waals surface area contributed by atoms with Gasteiger partial charge < -0.3 is 9.84 Å². The number of carboxylic acids is 1. The molecule has 38 heavy (non-hydrogen) atoms. The first kappa shape index (κ1) is 36.7. The molecule has 0 saturated carbocycles. The van der Waals surface area contributed by atoms with Crippen LogP contribution in [0.1, 0.15) is 187 Å². The fourth-order valence-corrected chi connectivity index (χ4v) is 5.01. The number of unbranched alkanes of at least 4 members (excludes halogenated alkanes) is 19. The van der Waals surface area contributed by atoms with Gasteiger partial charge in [-0.1, -0.05) is 129 Å². The van der Waals surface area contributed by atoms with Crippen molar-refractivity contribution in [3.05, 3.63) is 12.2 Å². The van der Waals surface area contributed by atoms with E-state index < -0.39 is 5.97 Å². The molecule has 0 rings (SSSR count). The van der Waals surface area contributed by atoms with Gasteiger partial charge in [0.1, 0.15) is 6.10 Å². The molecule has 0 aliphatic heterocycles. The van der Waals surface area contributed by atoms with Crippen LogP contribution in [0.4, 0.5) is 0 Å². The van der Waals surface area contributed by atoms with Gasteiger partial charge in [-0.25, -0.2) is 0 Å². The number of ether oxygens (including phenoxy) is 1. The van der Waals surface area contributed by atoms with Crippen LogP contribution in [0, 0.1) is 0 Å². The summed E-state index contributed by atoms with van der Waals surface area (Å²) >= 11 is 0. The van der Waals surface area contributed by atoms with Crippen LogP contribution >= 0.6 is 0 Å². The van der Waals surface area contributed by atoms with E-state index in [2.05, 4.69) is 26.0 Å². The predicted molar refractivity (Wildman–Crippen MR) is 163 cm³/mol. The van der Waals surface area contributed by atoms with Gasteiger partial charge in [0.15, 0.2) is 0 Å². The Morgan fingerprint density at radius 1 is 0.553 bits per heavy atom. The molecule has 0 aromatic heterocycles. The maximum absolute atomic E-state index is 12.4. The molecule has 0 fully saturated rings. The lowest BCUT2D eigenvalue weighted by Crippen LogP contribution is -2.18. The fraction of sp³-hybridized carbons (Fsp3) is 0.882. The average Bonchev–Trinajstić information content (AvgIpc) is 2.89. The molecule has 0 aliphatic rings. The van der Waals surface area contributed by atoms with E-state index in [0.29, 0.717) is 19.3 Å². The minimum Gasteiger partial charge on any atom is -0.481 e. The molecule has 0 heterocycles. The van der Waals surface area contributed by atoms with Crippen molar-refractivity contribution in [2.75, 3.05) is 0 Å². The van der Waals surface area contributed by atoms with Gasteiger partial charge in [0, 0.05) is 12.8 Å². The Morgan fingerprint density at radius 3 is 1.50 bits per heavy atom. The van der Waals surface area contributed by atoms with Gasteiger partial charge in [-0.2, -0.15) is 0 Å². The molecule has 0 bridgehead atoms. The number of aliphatic carboxylic acids is 1. The van der Waals surface area contributed by atoms with Crippen LogP contribution in [0.15, 0.2) is 12.2 Å². The number of hydrogen-bond acceptors (Lipinski definition) is 3. The van der Waals surface area contributed by atoms with Crippen LogP contribution in [0.25, 0.3) is 0 Å². The molecule has 0 aromatic carbocycles. The zero-order chi connectivity index (χ0) is 27.9. The highest BCUT2D eigenvalue weighted by Crippen LogP contribution is 2.18. The summed E-state index contributed by atoms with van der Waals surface area (Å²) < 4.78 is 5.79. The highest BCUT2D eigenvalue weighted by Gasteiger charge is 2.15. The number of carbonyl (C=O) groups is 2. The maximum Gasteiger partial charge on any atom is 0.306 e. The summed E-state index contributed by atoms with van der Waals surface area (Å²) in [6.45, 7) is 4.51. The number of hydrogen-bond donors (Lipinski definition) is 1. The van der Waals surface area contributed by atoms with Crippen LogP contribution in [0.5, 0.6) is 0 Å². The summed E-state index contributed by atoms with van der Waals surface area (Å²) in [6, 6.07) is 0.